The third-order valence-electron chi connectivity index (χ3n) is 4.10. The molecule has 4 nitrogen and oxygen atoms in total. The minimum absolute atomic E-state index is 0.0938. The number of nitrogens with zero attached hydrogens (tertiary/aromatic N) is 2. The van der Waals surface area contributed by atoms with E-state index >= 15 is 0 Å². The number of rotatable bonds is 3. The van der Waals surface area contributed by atoms with Crippen LogP contribution in [0.5, 0.6) is 5.75 Å². The van der Waals surface area contributed by atoms with Gasteiger partial charge in [0, 0.05) is 17.7 Å². The molecule has 0 aromatic heterocycles. The Morgan fingerprint density at radius 2 is 1.96 bits per heavy atom. The lowest BCUT2D eigenvalue weighted by Gasteiger charge is -2.23. The minimum Gasteiger partial charge on any atom is -0.488 e. The molecule has 0 saturated carbocycles. The van der Waals surface area contributed by atoms with Crippen molar-refractivity contribution < 1.29 is 9.53 Å². The molecular formula is C21H22N2O2. The maximum atomic E-state index is 12.7. The van der Waals surface area contributed by atoms with E-state index in [1.165, 1.54) is 0 Å². The molecule has 25 heavy (non-hydrogen) atoms. The summed E-state index contributed by atoms with van der Waals surface area (Å²) in [5, 5.41) is 9.61. The number of nitriles is 1. The monoisotopic (exact) mass is 334 g/mol. The highest BCUT2D eigenvalue weighted by molar-refractivity contribution is 5.99. The minimum atomic E-state index is -0.547. The van der Waals surface area contributed by atoms with Crippen LogP contribution in [0, 0.1) is 18.3 Å². The van der Waals surface area contributed by atoms with Crippen LogP contribution in [-0.4, -0.2) is 16.4 Å². The molecule has 2 aromatic rings. The summed E-state index contributed by atoms with van der Waals surface area (Å²) >= 11 is 0. The van der Waals surface area contributed by atoms with Gasteiger partial charge in [0.25, 0.3) is 5.91 Å². The molecule has 4 heteroatoms. The average molecular weight is 334 g/mol. The maximum absolute atomic E-state index is 12.7. The zero-order valence-corrected chi connectivity index (χ0v) is 15.0. The summed E-state index contributed by atoms with van der Waals surface area (Å²) in [5.41, 5.74) is 3.13. The predicted molar refractivity (Wildman–Crippen MR) is 96.2 cm³/mol. The van der Waals surface area contributed by atoms with Crippen molar-refractivity contribution in [2.24, 2.45) is 0 Å². The molecule has 0 N–H and O–H groups in total. The van der Waals surface area contributed by atoms with E-state index in [0.29, 0.717) is 12.1 Å². The highest BCUT2D eigenvalue weighted by Crippen LogP contribution is 2.35. The Balaban J connectivity index is 1.88. The van der Waals surface area contributed by atoms with E-state index in [1.807, 2.05) is 70.2 Å². The largest absolute Gasteiger partial charge is 0.488 e. The molecule has 0 spiro atoms. The third-order valence-corrected chi connectivity index (χ3v) is 4.10. The number of benzene rings is 2. The number of ether oxygens (including phenoxy) is 1. The number of carbonyl (C=O) groups is 1. The van der Waals surface area contributed by atoms with Crippen LogP contribution in [0.25, 0.3) is 0 Å². The van der Waals surface area contributed by atoms with Crippen molar-refractivity contribution in [2.75, 3.05) is 0 Å². The Kier molecular flexibility index (Phi) is 4.26. The number of aryl methyl sites for hydroxylation is 1. The lowest BCUT2D eigenvalue weighted by atomic mass is 10.0. The first-order valence-electron chi connectivity index (χ1n) is 8.37. The van der Waals surface area contributed by atoms with Gasteiger partial charge in [-0.25, -0.2) is 0 Å². The summed E-state index contributed by atoms with van der Waals surface area (Å²) in [6.07, 6.45) is 0. The van der Waals surface area contributed by atoms with Gasteiger partial charge in [-0.2, -0.15) is 5.26 Å². The van der Waals surface area contributed by atoms with Crippen LogP contribution in [0.1, 0.15) is 53.9 Å². The van der Waals surface area contributed by atoms with Crippen LogP contribution in [0.3, 0.4) is 0 Å². The molecule has 0 bridgehead atoms. The van der Waals surface area contributed by atoms with E-state index in [-0.39, 0.29) is 11.5 Å². The Hall–Kier alpha value is -2.80. The highest BCUT2D eigenvalue weighted by Gasteiger charge is 2.36. The summed E-state index contributed by atoms with van der Waals surface area (Å²) in [7, 11) is 0. The Morgan fingerprint density at radius 1 is 1.20 bits per heavy atom. The predicted octanol–water partition coefficient (Wildman–Crippen LogP) is 4.39. The molecular weight excluding hydrogens is 312 g/mol. The molecule has 1 unspecified atom stereocenters. The van der Waals surface area contributed by atoms with Crippen molar-refractivity contribution in [2.45, 2.75) is 45.9 Å². The molecule has 0 fully saturated rings. The van der Waals surface area contributed by atoms with Gasteiger partial charge in [-0.15, -0.1) is 0 Å². The van der Waals surface area contributed by atoms with Gasteiger partial charge in [0.15, 0.2) is 0 Å². The Morgan fingerprint density at radius 3 is 2.64 bits per heavy atom. The van der Waals surface area contributed by atoms with Gasteiger partial charge in [0.1, 0.15) is 17.4 Å². The summed E-state index contributed by atoms with van der Waals surface area (Å²) in [5.74, 6) is 0.669. The summed E-state index contributed by atoms with van der Waals surface area (Å²) in [6, 6.07) is 15.1. The van der Waals surface area contributed by atoms with Gasteiger partial charge in [-0.05, 0) is 51.5 Å². The van der Waals surface area contributed by atoms with Crippen LogP contribution in [-0.2, 0) is 6.54 Å². The molecule has 1 amide bonds. The quantitative estimate of drug-likeness (QED) is 0.836. The summed E-state index contributed by atoms with van der Waals surface area (Å²) < 4.78 is 5.90. The standard InChI is InChI=1S/C21H22N2O2/c1-14-8-9-17-18(10-14)19(12-22)23(20(17)24)13-15-6-5-7-16(11-15)25-21(2,3)4/h5-11,19H,13H2,1-4H3. The second-order valence-corrected chi connectivity index (χ2v) is 7.42. The number of hydrogen-bond acceptors (Lipinski definition) is 3. The third kappa shape index (κ3) is 3.51. The van der Waals surface area contributed by atoms with Gasteiger partial charge >= 0.3 is 0 Å². The molecule has 1 atom stereocenters. The smallest absolute Gasteiger partial charge is 0.255 e. The molecule has 2 aromatic carbocycles. The van der Waals surface area contributed by atoms with Crippen LogP contribution < -0.4 is 4.74 Å². The number of amides is 1. The lowest BCUT2D eigenvalue weighted by Crippen LogP contribution is -2.27. The maximum Gasteiger partial charge on any atom is 0.255 e. The first kappa shape index (κ1) is 17.0. The molecule has 3 rings (SSSR count). The van der Waals surface area contributed by atoms with E-state index in [9.17, 15) is 10.1 Å². The SMILES string of the molecule is Cc1ccc2c(c1)C(C#N)N(Cc1cccc(OC(C)(C)C)c1)C2=O. The van der Waals surface area contributed by atoms with Crippen molar-refractivity contribution in [1.82, 2.24) is 4.90 Å². The number of carbonyl (C=O) groups excluding carboxylic acids is 1. The molecule has 1 aliphatic rings. The van der Waals surface area contributed by atoms with Gasteiger partial charge in [0.2, 0.25) is 0 Å². The number of hydrogen-bond donors (Lipinski definition) is 0. The second-order valence-electron chi connectivity index (χ2n) is 7.42. The Bertz CT molecular complexity index is 859. The first-order chi connectivity index (χ1) is 11.8. The van der Waals surface area contributed by atoms with Crippen LogP contribution in [0.4, 0.5) is 0 Å². The average Bonchev–Trinajstić information content (AvgIpc) is 2.77. The number of fused-ring (bicyclic) bond motifs is 1. The zero-order valence-electron chi connectivity index (χ0n) is 15.0. The fourth-order valence-corrected chi connectivity index (χ4v) is 3.10. The van der Waals surface area contributed by atoms with Gasteiger partial charge in [-0.3, -0.25) is 4.79 Å². The second kappa shape index (κ2) is 6.25. The normalized spacial score (nSPS) is 16.5. The van der Waals surface area contributed by atoms with Crippen LogP contribution in [0.15, 0.2) is 42.5 Å². The molecule has 1 heterocycles. The summed E-state index contributed by atoms with van der Waals surface area (Å²) in [4.78, 5) is 14.4. The molecule has 1 aliphatic heterocycles. The van der Waals surface area contributed by atoms with Crippen molar-refractivity contribution in [3.05, 3.63) is 64.7 Å². The van der Waals surface area contributed by atoms with Gasteiger partial charge in [0.05, 0.1) is 6.07 Å². The molecule has 0 aliphatic carbocycles. The zero-order chi connectivity index (χ0) is 18.2. The fourth-order valence-electron chi connectivity index (χ4n) is 3.10. The van der Waals surface area contributed by atoms with Crippen LogP contribution in [0.2, 0.25) is 0 Å². The highest BCUT2D eigenvalue weighted by atomic mass is 16.5. The van der Waals surface area contributed by atoms with E-state index in [2.05, 4.69) is 6.07 Å². The molecule has 0 radical (unpaired) electrons. The first-order valence-corrected chi connectivity index (χ1v) is 8.37. The van der Waals surface area contributed by atoms with Crippen LogP contribution >= 0.6 is 0 Å². The van der Waals surface area contributed by atoms with E-state index in [0.717, 1.165) is 22.4 Å². The van der Waals surface area contributed by atoms with E-state index in [4.69, 9.17) is 4.74 Å². The molecule has 0 saturated heterocycles. The lowest BCUT2D eigenvalue weighted by molar-refractivity contribution is 0.0743. The van der Waals surface area contributed by atoms with E-state index in [1.54, 1.807) is 4.90 Å². The van der Waals surface area contributed by atoms with Gasteiger partial charge < -0.3 is 9.64 Å². The molecule has 128 valence electrons. The Labute approximate surface area is 148 Å². The van der Waals surface area contributed by atoms with Crippen molar-refractivity contribution in [3.63, 3.8) is 0 Å². The fraction of sp³-hybridized carbons (Fsp3) is 0.333. The van der Waals surface area contributed by atoms with Crippen molar-refractivity contribution in [3.8, 4) is 11.8 Å². The van der Waals surface area contributed by atoms with Gasteiger partial charge in [-0.1, -0.05) is 29.8 Å². The summed E-state index contributed by atoms with van der Waals surface area (Å²) in [6.45, 7) is 8.33. The van der Waals surface area contributed by atoms with E-state index < -0.39 is 6.04 Å². The topological polar surface area (TPSA) is 53.3 Å². The van der Waals surface area contributed by atoms with Crippen molar-refractivity contribution >= 4 is 5.91 Å². The van der Waals surface area contributed by atoms with Crippen molar-refractivity contribution in [1.29, 1.82) is 5.26 Å².